The van der Waals surface area contributed by atoms with Crippen molar-refractivity contribution >= 4 is 34.2 Å². The predicted octanol–water partition coefficient (Wildman–Crippen LogP) is 7.18. The first kappa shape index (κ1) is 29.1. The molecule has 0 bridgehead atoms. The number of rotatable bonds is 6. The van der Waals surface area contributed by atoms with E-state index in [1.807, 2.05) is 62.4 Å². The van der Waals surface area contributed by atoms with Crippen molar-refractivity contribution in [2.45, 2.75) is 13.8 Å². The molecule has 4 aromatic carbocycles. The molecule has 1 aromatic heterocycles. The van der Waals surface area contributed by atoms with Crippen LogP contribution < -0.4 is 5.43 Å². The number of carbonyl (C=O) groups is 1. The Morgan fingerprint density at radius 2 is 1.43 bits per heavy atom. The highest BCUT2D eigenvalue weighted by molar-refractivity contribution is 6.09. The number of nitrogens with zero attached hydrogens (tertiary/aromatic N) is 2. The summed E-state index contributed by atoms with van der Waals surface area (Å²) < 4.78 is 5.66. The van der Waals surface area contributed by atoms with E-state index in [0.717, 1.165) is 28.3 Å². The van der Waals surface area contributed by atoms with Crippen molar-refractivity contribution in [3.63, 3.8) is 0 Å². The van der Waals surface area contributed by atoms with Crippen LogP contribution in [0.3, 0.4) is 0 Å². The number of ketones is 1. The number of allylic oxidation sites excluding steroid dienone is 1. The zero-order chi connectivity index (χ0) is 30.4. The van der Waals surface area contributed by atoms with Gasteiger partial charge in [0.15, 0.2) is 11.2 Å². The summed E-state index contributed by atoms with van der Waals surface area (Å²) in [6, 6.07) is 24.5. The van der Waals surface area contributed by atoms with E-state index < -0.39 is 27.1 Å². The number of hydrogen-bond donors (Lipinski definition) is 1. The molecule has 0 aliphatic heterocycles. The van der Waals surface area contributed by atoms with Crippen molar-refractivity contribution in [2.75, 3.05) is 0 Å². The van der Waals surface area contributed by atoms with Gasteiger partial charge in [-0.3, -0.25) is 29.8 Å². The van der Waals surface area contributed by atoms with Crippen molar-refractivity contribution in [3.8, 4) is 17.1 Å². The number of carbonyl (C=O) groups excluding carboxylic acids is 1. The molecule has 5 rings (SSSR count). The molecule has 1 heterocycles. The normalized spacial score (nSPS) is 10.7. The Labute approximate surface area is 239 Å². The Balaban J connectivity index is 0.000000193. The van der Waals surface area contributed by atoms with Crippen LogP contribution in [-0.2, 0) is 0 Å². The largest absolute Gasteiger partial charge is 0.502 e. The Hall–Kier alpha value is -5.90. The van der Waals surface area contributed by atoms with Crippen LogP contribution in [0.1, 0.15) is 27.0 Å². The highest BCUT2D eigenvalue weighted by atomic mass is 16.6. The fourth-order valence-electron chi connectivity index (χ4n) is 4.19. The molecular formula is C32H24N2O8. The lowest BCUT2D eigenvalue weighted by Crippen LogP contribution is -2.02. The minimum absolute atomic E-state index is 0.00764. The van der Waals surface area contributed by atoms with Crippen LogP contribution in [0.5, 0.6) is 5.75 Å². The molecule has 5 aromatic rings. The number of phenolic OH excluding ortho intramolecular Hbond substituents is 1. The number of nitro benzene ring substituents is 2. The van der Waals surface area contributed by atoms with E-state index in [-0.39, 0.29) is 27.6 Å². The molecule has 0 aliphatic carbocycles. The molecule has 0 amide bonds. The van der Waals surface area contributed by atoms with Crippen LogP contribution in [0.15, 0.2) is 106 Å². The van der Waals surface area contributed by atoms with Crippen LogP contribution in [0.25, 0.3) is 28.4 Å². The fraction of sp³-hybridized carbons (Fsp3) is 0.0625. The van der Waals surface area contributed by atoms with Gasteiger partial charge in [-0.05, 0) is 48.7 Å². The van der Waals surface area contributed by atoms with Crippen molar-refractivity contribution in [3.05, 3.63) is 150 Å². The number of phenols is 1. The minimum Gasteiger partial charge on any atom is -0.502 e. The van der Waals surface area contributed by atoms with Crippen LogP contribution in [0.2, 0.25) is 0 Å². The standard InChI is InChI=1S/C16H11NO4.C16H13NO4/c1-10-5-2-3-6-11(10)15-9-14(18)12-7-4-8-13(17(19)20)16(12)21-15;1-11-5-2-3-6-12(11)9-10-15(18)13-7-4-8-14(16(13)19)17(20)21/h2-9H,1H3;2-10,19H,1H3/b;10-9+. The van der Waals surface area contributed by atoms with E-state index in [4.69, 9.17) is 4.42 Å². The predicted molar refractivity (Wildman–Crippen MR) is 159 cm³/mol. The van der Waals surface area contributed by atoms with Crippen LogP contribution >= 0.6 is 0 Å². The first-order chi connectivity index (χ1) is 20.1. The summed E-state index contributed by atoms with van der Waals surface area (Å²) in [7, 11) is 0. The molecule has 0 radical (unpaired) electrons. The number of non-ortho nitro benzene ring substituents is 1. The third-order valence-electron chi connectivity index (χ3n) is 6.42. The van der Waals surface area contributed by atoms with Crippen molar-refractivity contribution < 1.29 is 24.2 Å². The molecule has 0 saturated carbocycles. The lowest BCUT2D eigenvalue weighted by Gasteiger charge is -2.06. The van der Waals surface area contributed by atoms with Crippen LogP contribution in [0.4, 0.5) is 11.4 Å². The van der Waals surface area contributed by atoms with Gasteiger partial charge in [0.25, 0.3) is 0 Å². The summed E-state index contributed by atoms with van der Waals surface area (Å²) in [5.74, 6) is -0.763. The van der Waals surface area contributed by atoms with E-state index in [1.54, 1.807) is 6.08 Å². The number of hydrogen-bond acceptors (Lipinski definition) is 8. The highest BCUT2D eigenvalue weighted by Crippen LogP contribution is 2.31. The first-order valence-electron chi connectivity index (χ1n) is 12.6. The topological polar surface area (TPSA) is 154 Å². The van der Waals surface area contributed by atoms with Gasteiger partial charge in [-0.15, -0.1) is 0 Å². The van der Waals surface area contributed by atoms with E-state index in [9.17, 15) is 34.9 Å². The Morgan fingerprint density at radius 3 is 2.10 bits per heavy atom. The molecule has 0 saturated heterocycles. The van der Waals surface area contributed by atoms with Gasteiger partial charge in [-0.1, -0.05) is 66.7 Å². The second-order valence-electron chi connectivity index (χ2n) is 9.19. The lowest BCUT2D eigenvalue weighted by atomic mass is 10.0. The van der Waals surface area contributed by atoms with E-state index in [0.29, 0.717) is 5.76 Å². The molecule has 42 heavy (non-hydrogen) atoms. The quantitative estimate of drug-likeness (QED) is 0.0984. The van der Waals surface area contributed by atoms with Gasteiger partial charge >= 0.3 is 11.4 Å². The van der Waals surface area contributed by atoms with Crippen LogP contribution in [0, 0.1) is 34.1 Å². The van der Waals surface area contributed by atoms with Gasteiger partial charge in [0, 0.05) is 23.8 Å². The minimum atomic E-state index is -0.725. The summed E-state index contributed by atoms with van der Waals surface area (Å²) in [6.45, 7) is 3.80. The maximum Gasteiger partial charge on any atom is 0.312 e. The molecule has 0 fully saturated rings. The smallest absolute Gasteiger partial charge is 0.312 e. The molecule has 0 spiro atoms. The molecular weight excluding hydrogens is 540 g/mol. The molecule has 1 N–H and O–H groups in total. The Bertz CT molecular complexity index is 1920. The monoisotopic (exact) mass is 564 g/mol. The number of fused-ring (bicyclic) bond motifs is 1. The van der Waals surface area contributed by atoms with E-state index >= 15 is 0 Å². The summed E-state index contributed by atoms with van der Waals surface area (Å²) in [4.78, 5) is 44.8. The number of nitro groups is 2. The average molecular weight is 565 g/mol. The second-order valence-corrected chi connectivity index (χ2v) is 9.19. The molecule has 10 heteroatoms. The van der Waals surface area contributed by atoms with Gasteiger partial charge < -0.3 is 9.52 Å². The van der Waals surface area contributed by atoms with E-state index in [2.05, 4.69) is 0 Å². The highest BCUT2D eigenvalue weighted by Gasteiger charge is 2.20. The first-order valence-corrected chi connectivity index (χ1v) is 12.6. The third kappa shape index (κ3) is 6.28. The SMILES string of the molecule is Cc1ccccc1-c1cc(=O)c2cccc([N+](=O)[O-])c2o1.Cc1ccccc1/C=C/C(=O)c1cccc([N+](=O)[O-])c1O. The second kappa shape index (κ2) is 12.5. The Morgan fingerprint density at radius 1 is 0.810 bits per heavy atom. The molecule has 10 nitrogen and oxygen atoms in total. The zero-order valence-corrected chi connectivity index (χ0v) is 22.5. The number of aryl methyl sites for hydroxylation is 2. The number of benzene rings is 4. The van der Waals surface area contributed by atoms with E-state index in [1.165, 1.54) is 42.5 Å². The van der Waals surface area contributed by atoms with Crippen molar-refractivity contribution in [2.24, 2.45) is 0 Å². The molecule has 0 atom stereocenters. The number of para-hydroxylation sites is 2. The van der Waals surface area contributed by atoms with Gasteiger partial charge in [0.1, 0.15) is 5.76 Å². The molecule has 0 unspecified atom stereocenters. The summed E-state index contributed by atoms with van der Waals surface area (Å²) in [5, 5.41) is 31.8. The third-order valence-corrected chi connectivity index (χ3v) is 6.42. The van der Waals surface area contributed by atoms with Gasteiger partial charge in [0.05, 0.1) is 20.8 Å². The molecule has 210 valence electrons. The van der Waals surface area contributed by atoms with Gasteiger partial charge in [-0.25, -0.2) is 0 Å². The van der Waals surface area contributed by atoms with Gasteiger partial charge in [-0.2, -0.15) is 0 Å². The lowest BCUT2D eigenvalue weighted by molar-refractivity contribution is -0.385. The summed E-state index contributed by atoms with van der Waals surface area (Å²) in [6.07, 6.45) is 2.91. The van der Waals surface area contributed by atoms with Crippen molar-refractivity contribution in [1.29, 1.82) is 0 Å². The zero-order valence-electron chi connectivity index (χ0n) is 22.5. The van der Waals surface area contributed by atoms with Crippen LogP contribution in [-0.4, -0.2) is 20.7 Å². The maximum atomic E-state index is 12.2. The fourth-order valence-corrected chi connectivity index (χ4v) is 4.19. The van der Waals surface area contributed by atoms with Gasteiger partial charge in [0.2, 0.25) is 11.3 Å². The average Bonchev–Trinajstić information content (AvgIpc) is 2.96. The number of aromatic hydroxyl groups is 1. The summed E-state index contributed by atoms with van der Waals surface area (Å²) >= 11 is 0. The maximum absolute atomic E-state index is 12.2. The summed E-state index contributed by atoms with van der Waals surface area (Å²) in [5.41, 5.74) is 2.49. The Kier molecular flexibility index (Phi) is 8.67. The molecule has 0 aliphatic rings. The van der Waals surface area contributed by atoms with Crippen molar-refractivity contribution in [1.82, 2.24) is 0 Å².